The van der Waals surface area contributed by atoms with Crippen LogP contribution in [0.4, 0.5) is 13.2 Å². The van der Waals surface area contributed by atoms with Crippen molar-refractivity contribution in [3.63, 3.8) is 0 Å². The molecule has 1 rings (SSSR count). The van der Waals surface area contributed by atoms with Gasteiger partial charge in [-0.1, -0.05) is 6.92 Å². The number of carbonyl (C=O) groups is 1. The number of nitriles is 1. The van der Waals surface area contributed by atoms with Crippen LogP contribution in [0.15, 0.2) is 18.3 Å². The lowest BCUT2D eigenvalue weighted by Crippen LogP contribution is -2.44. The van der Waals surface area contributed by atoms with Crippen LogP contribution in [-0.4, -0.2) is 16.4 Å². The third-order valence-corrected chi connectivity index (χ3v) is 2.67. The Labute approximate surface area is 108 Å². The zero-order valence-electron chi connectivity index (χ0n) is 10.4. The maximum absolute atomic E-state index is 12.3. The minimum atomic E-state index is -4.49. The van der Waals surface area contributed by atoms with E-state index in [0.29, 0.717) is 12.6 Å². The number of rotatable bonds is 3. The van der Waals surface area contributed by atoms with E-state index in [-0.39, 0.29) is 5.69 Å². The number of nitrogens with zero attached hydrogens (tertiary/aromatic N) is 2. The molecule has 0 spiro atoms. The van der Waals surface area contributed by atoms with Gasteiger partial charge in [0.25, 0.3) is 5.91 Å². The average molecular weight is 271 g/mol. The van der Waals surface area contributed by atoms with Crippen LogP contribution in [0.2, 0.25) is 0 Å². The van der Waals surface area contributed by atoms with Crippen LogP contribution in [0.1, 0.15) is 36.3 Å². The van der Waals surface area contributed by atoms with Crippen molar-refractivity contribution in [1.29, 1.82) is 5.26 Å². The van der Waals surface area contributed by atoms with Crippen molar-refractivity contribution >= 4 is 5.91 Å². The highest BCUT2D eigenvalue weighted by atomic mass is 19.4. The molecule has 1 heterocycles. The number of hydrogen-bond acceptors (Lipinski definition) is 3. The second kappa shape index (κ2) is 5.26. The molecule has 0 bridgehead atoms. The number of carbonyl (C=O) groups excluding carboxylic acids is 1. The highest BCUT2D eigenvalue weighted by Crippen LogP contribution is 2.28. The molecule has 0 saturated heterocycles. The van der Waals surface area contributed by atoms with Gasteiger partial charge in [-0.05, 0) is 25.5 Å². The first kappa shape index (κ1) is 15.0. The molecule has 4 nitrogen and oxygen atoms in total. The van der Waals surface area contributed by atoms with Gasteiger partial charge in [0.1, 0.15) is 11.2 Å². The summed E-state index contributed by atoms with van der Waals surface area (Å²) >= 11 is 0. The first-order chi connectivity index (χ1) is 8.72. The van der Waals surface area contributed by atoms with Gasteiger partial charge in [0.05, 0.1) is 11.6 Å². The van der Waals surface area contributed by atoms with E-state index in [1.165, 1.54) is 6.92 Å². The molecule has 0 radical (unpaired) electrons. The van der Waals surface area contributed by atoms with Crippen LogP contribution in [0, 0.1) is 11.3 Å². The third-order valence-electron chi connectivity index (χ3n) is 2.67. The standard InChI is InChI=1S/C12H12F3N3O/c1-3-11(2,7-16)18-10(19)9-5-4-8(6-17-9)12(13,14)15/h4-6H,3H2,1-2H3,(H,18,19). The molecule has 0 aliphatic heterocycles. The van der Waals surface area contributed by atoms with Gasteiger partial charge in [0.2, 0.25) is 0 Å². The van der Waals surface area contributed by atoms with Gasteiger partial charge in [-0.2, -0.15) is 18.4 Å². The quantitative estimate of drug-likeness (QED) is 0.918. The lowest BCUT2D eigenvalue weighted by Gasteiger charge is -2.20. The molecule has 7 heteroatoms. The van der Waals surface area contributed by atoms with Crippen LogP contribution in [0.5, 0.6) is 0 Å². The summed E-state index contributed by atoms with van der Waals surface area (Å²) in [6.07, 6.45) is -3.53. The molecule has 19 heavy (non-hydrogen) atoms. The van der Waals surface area contributed by atoms with Gasteiger partial charge in [-0.3, -0.25) is 9.78 Å². The molecular weight excluding hydrogens is 259 g/mol. The number of nitrogens with one attached hydrogen (secondary N) is 1. The second-order valence-electron chi connectivity index (χ2n) is 4.18. The van der Waals surface area contributed by atoms with Crippen molar-refractivity contribution in [1.82, 2.24) is 10.3 Å². The summed E-state index contributed by atoms with van der Waals surface area (Å²) < 4.78 is 37.0. The summed E-state index contributed by atoms with van der Waals surface area (Å²) in [6, 6.07) is 3.68. The molecule has 0 aromatic carbocycles. The lowest BCUT2D eigenvalue weighted by atomic mass is 10.0. The monoisotopic (exact) mass is 271 g/mol. The van der Waals surface area contributed by atoms with Crippen molar-refractivity contribution < 1.29 is 18.0 Å². The van der Waals surface area contributed by atoms with E-state index in [0.717, 1.165) is 12.1 Å². The molecule has 102 valence electrons. The highest BCUT2D eigenvalue weighted by Gasteiger charge is 2.31. The van der Waals surface area contributed by atoms with Gasteiger partial charge < -0.3 is 5.32 Å². The Morgan fingerprint density at radius 3 is 2.47 bits per heavy atom. The van der Waals surface area contributed by atoms with Gasteiger partial charge >= 0.3 is 6.18 Å². The van der Waals surface area contributed by atoms with Crippen LogP contribution in [0.3, 0.4) is 0 Å². The molecule has 0 aliphatic carbocycles. The fourth-order valence-corrected chi connectivity index (χ4v) is 1.21. The Morgan fingerprint density at radius 2 is 2.11 bits per heavy atom. The number of pyridine rings is 1. The normalized spacial score (nSPS) is 14.3. The van der Waals surface area contributed by atoms with Crippen molar-refractivity contribution in [2.45, 2.75) is 32.0 Å². The third kappa shape index (κ3) is 3.68. The topological polar surface area (TPSA) is 65.8 Å². The van der Waals surface area contributed by atoms with E-state index < -0.39 is 23.2 Å². The minimum absolute atomic E-state index is 0.164. The predicted molar refractivity (Wildman–Crippen MR) is 61.0 cm³/mol. The molecule has 1 N–H and O–H groups in total. The SMILES string of the molecule is CCC(C)(C#N)NC(=O)c1ccc(C(F)(F)F)cn1. The molecule has 1 atom stereocenters. The largest absolute Gasteiger partial charge is 0.417 e. The van der Waals surface area contributed by atoms with E-state index in [1.54, 1.807) is 6.92 Å². The summed E-state index contributed by atoms with van der Waals surface area (Å²) in [7, 11) is 0. The number of aromatic nitrogens is 1. The zero-order valence-corrected chi connectivity index (χ0v) is 10.4. The molecule has 1 aromatic rings. The van der Waals surface area contributed by atoms with Crippen LogP contribution in [0.25, 0.3) is 0 Å². The molecule has 0 fully saturated rings. The molecular formula is C12H12F3N3O. The van der Waals surface area contributed by atoms with E-state index >= 15 is 0 Å². The van der Waals surface area contributed by atoms with Crippen LogP contribution < -0.4 is 5.32 Å². The van der Waals surface area contributed by atoms with Gasteiger partial charge in [-0.25, -0.2) is 0 Å². The molecule has 0 saturated carbocycles. The summed E-state index contributed by atoms with van der Waals surface area (Å²) in [4.78, 5) is 15.2. The van der Waals surface area contributed by atoms with E-state index in [1.807, 2.05) is 6.07 Å². The number of hydrogen-bond donors (Lipinski definition) is 1. The smallest absolute Gasteiger partial charge is 0.333 e. The fraction of sp³-hybridized carbons (Fsp3) is 0.417. The zero-order chi connectivity index (χ0) is 14.7. The molecule has 1 unspecified atom stereocenters. The van der Waals surface area contributed by atoms with Crippen molar-refractivity contribution in [2.75, 3.05) is 0 Å². The Balaban J connectivity index is 2.88. The summed E-state index contributed by atoms with van der Waals surface area (Å²) in [5, 5.41) is 11.3. The lowest BCUT2D eigenvalue weighted by molar-refractivity contribution is -0.137. The van der Waals surface area contributed by atoms with Crippen molar-refractivity contribution in [3.8, 4) is 6.07 Å². The highest BCUT2D eigenvalue weighted by molar-refractivity contribution is 5.93. The molecule has 1 aromatic heterocycles. The molecule has 0 aliphatic rings. The van der Waals surface area contributed by atoms with Gasteiger partial charge in [-0.15, -0.1) is 0 Å². The maximum atomic E-state index is 12.3. The fourth-order valence-electron chi connectivity index (χ4n) is 1.21. The Hall–Kier alpha value is -2.10. The number of halogens is 3. The summed E-state index contributed by atoms with van der Waals surface area (Å²) in [5.74, 6) is -0.681. The summed E-state index contributed by atoms with van der Waals surface area (Å²) in [5.41, 5.74) is -2.16. The van der Waals surface area contributed by atoms with E-state index in [9.17, 15) is 18.0 Å². The van der Waals surface area contributed by atoms with E-state index in [2.05, 4.69) is 10.3 Å². The predicted octanol–water partition coefficient (Wildman–Crippen LogP) is 2.52. The minimum Gasteiger partial charge on any atom is -0.333 e. The number of amides is 1. The maximum Gasteiger partial charge on any atom is 0.417 e. The van der Waals surface area contributed by atoms with Crippen LogP contribution in [-0.2, 0) is 6.18 Å². The van der Waals surface area contributed by atoms with Crippen LogP contribution >= 0.6 is 0 Å². The van der Waals surface area contributed by atoms with Crippen molar-refractivity contribution in [2.24, 2.45) is 0 Å². The Kier molecular flexibility index (Phi) is 4.14. The first-order valence-corrected chi connectivity index (χ1v) is 5.49. The Bertz CT molecular complexity index is 504. The van der Waals surface area contributed by atoms with Gasteiger partial charge in [0.15, 0.2) is 0 Å². The number of alkyl halides is 3. The average Bonchev–Trinajstić information content (AvgIpc) is 2.37. The second-order valence-corrected chi connectivity index (χ2v) is 4.18. The first-order valence-electron chi connectivity index (χ1n) is 5.49. The van der Waals surface area contributed by atoms with Crippen molar-refractivity contribution in [3.05, 3.63) is 29.6 Å². The molecule has 1 amide bonds. The Morgan fingerprint density at radius 1 is 1.47 bits per heavy atom. The van der Waals surface area contributed by atoms with E-state index in [4.69, 9.17) is 5.26 Å². The van der Waals surface area contributed by atoms with Gasteiger partial charge in [0, 0.05) is 6.20 Å². The summed E-state index contributed by atoms with van der Waals surface area (Å²) in [6.45, 7) is 3.23.